The number of nitrogens with zero attached hydrogens (tertiary/aromatic N) is 5. The summed E-state index contributed by atoms with van der Waals surface area (Å²) in [6.07, 6.45) is -0.347. The minimum absolute atomic E-state index is 0.192. The van der Waals surface area contributed by atoms with Crippen molar-refractivity contribution in [1.82, 2.24) is 25.0 Å². The lowest BCUT2D eigenvalue weighted by atomic mass is 10.1. The Balaban J connectivity index is 1.92. The summed E-state index contributed by atoms with van der Waals surface area (Å²) in [7, 11) is 2.95. The van der Waals surface area contributed by atoms with Gasteiger partial charge in [0.15, 0.2) is 17.4 Å². The van der Waals surface area contributed by atoms with Crippen LogP contribution in [-0.2, 0) is 10.9 Å². The molecular weight excluding hydrogens is 481 g/mol. The summed E-state index contributed by atoms with van der Waals surface area (Å²) in [6.45, 7) is 7.60. The van der Waals surface area contributed by atoms with Crippen molar-refractivity contribution in [1.29, 1.82) is 0 Å². The van der Waals surface area contributed by atoms with Crippen LogP contribution in [0.4, 0.5) is 35.2 Å². The first-order valence-electron chi connectivity index (χ1n) is 10.7. The summed E-state index contributed by atoms with van der Waals surface area (Å²) in [5, 5.41) is 15.6. The van der Waals surface area contributed by atoms with E-state index >= 15 is 0 Å². The number of rotatable bonds is 7. The average Bonchev–Trinajstić information content (AvgIpc) is 3.32. The first kappa shape index (κ1) is 26.7. The predicted octanol–water partition coefficient (Wildman–Crippen LogP) is 4.65. The van der Waals surface area contributed by atoms with E-state index in [0.717, 1.165) is 17.1 Å². The maximum Gasteiger partial charge on any atom is 0.420 e. The zero-order chi connectivity index (χ0) is 26.7. The minimum Gasteiger partial charge on any atom is -0.492 e. The number of pyridine rings is 2. The van der Waals surface area contributed by atoms with Crippen LogP contribution >= 0.6 is 0 Å². The number of urea groups is 1. The van der Waals surface area contributed by atoms with Gasteiger partial charge in [-0.05, 0) is 33.8 Å². The quantitative estimate of drug-likeness (QED) is 0.421. The Morgan fingerprint density at radius 3 is 2.28 bits per heavy atom. The fourth-order valence-corrected chi connectivity index (χ4v) is 3.28. The highest BCUT2D eigenvalue weighted by molar-refractivity contribution is 6.00. The number of hydrogen-bond acceptors (Lipinski definition) is 8. The second-order valence-electron chi connectivity index (χ2n) is 8.71. The monoisotopic (exact) mass is 508 g/mol. The van der Waals surface area contributed by atoms with Gasteiger partial charge in [0.1, 0.15) is 5.56 Å². The second kappa shape index (κ2) is 10.4. The number of nitrogens with one attached hydrogen (secondary N) is 3. The fraction of sp³-hybridized carbons (Fsp3) is 0.409. The molecule has 14 heteroatoms. The van der Waals surface area contributed by atoms with Crippen molar-refractivity contribution in [3.63, 3.8) is 0 Å². The molecule has 36 heavy (non-hydrogen) atoms. The van der Waals surface area contributed by atoms with Crippen LogP contribution in [0.2, 0.25) is 0 Å². The third-order valence-electron chi connectivity index (χ3n) is 4.82. The third kappa shape index (κ3) is 6.19. The van der Waals surface area contributed by atoms with Gasteiger partial charge in [-0.15, -0.1) is 4.80 Å². The number of ether oxygens (including phenoxy) is 2. The lowest BCUT2D eigenvalue weighted by molar-refractivity contribution is -0.137. The first-order valence-corrected chi connectivity index (χ1v) is 10.7. The van der Waals surface area contributed by atoms with Crippen LogP contribution in [0.15, 0.2) is 30.9 Å². The van der Waals surface area contributed by atoms with Crippen molar-refractivity contribution in [3.8, 4) is 11.6 Å². The van der Waals surface area contributed by atoms with Crippen molar-refractivity contribution in [2.75, 3.05) is 30.2 Å². The van der Waals surface area contributed by atoms with E-state index in [1.165, 1.54) is 32.8 Å². The molecule has 3 heterocycles. The van der Waals surface area contributed by atoms with Gasteiger partial charge in [0.2, 0.25) is 0 Å². The third-order valence-corrected chi connectivity index (χ3v) is 4.82. The zero-order valence-electron chi connectivity index (χ0n) is 20.6. The van der Waals surface area contributed by atoms with Crippen LogP contribution in [0.5, 0.6) is 5.75 Å². The number of aromatic nitrogens is 5. The van der Waals surface area contributed by atoms with E-state index in [9.17, 15) is 18.0 Å². The molecule has 0 saturated heterocycles. The summed E-state index contributed by atoms with van der Waals surface area (Å²) >= 11 is 0. The molecule has 0 aliphatic carbocycles. The lowest BCUT2D eigenvalue weighted by Gasteiger charge is -2.26. The highest BCUT2D eigenvalue weighted by Crippen LogP contribution is 2.39. The number of amides is 2. The van der Waals surface area contributed by atoms with Crippen LogP contribution < -0.4 is 20.7 Å². The number of carbonyl (C=O) groups excluding carboxylic acids is 1. The molecular formula is C22H27F3N8O3. The van der Waals surface area contributed by atoms with E-state index in [1.54, 1.807) is 6.92 Å². The molecule has 0 aliphatic rings. The molecule has 0 bridgehead atoms. The predicted molar refractivity (Wildman–Crippen MR) is 126 cm³/mol. The van der Waals surface area contributed by atoms with Crippen molar-refractivity contribution >= 4 is 23.2 Å². The van der Waals surface area contributed by atoms with Gasteiger partial charge < -0.3 is 25.4 Å². The Morgan fingerprint density at radius 2 is 1.72 bits per heavy atom. The molecule has 3 aromatic rings. The van der Waals surface area contributed by atoms with Crippen molar-refractivity contribution in [2.24, 2.45) is 0 Å². The zero-order valence-corrected chi connectivity index (χ0v) is 20.6. The topological polar surface area (TPSA) is 128 Å². The molecule has 0 spiro atoms. The van der Waals surface area contributed by atoms with Crippen LogP contribution in [0.1, 0.15) is 44.9 Å². The Morgan fingerprint density at radius 1 is 1.06 bits per heavy atom. The number of anilines is 3. The van der Waals surface area contributed by atoms with Gasteiger partial charge in [-0.2, -0.15) is 23.4 Å². The number of hydrogen-bond donors (Lipinski definition) is 3. The van der Waals surface area contributed by atoms with Gasteiger partial charge in [-0.3, -0.25) is 0 Å². The van der Waals surface area contributed by atoms with E-state index in [4.69, 9.17) is 9.47 Å². The summed E-state index contributed by atoms with van der Waals surface area (Å²) < 4.78 is 51.9. The number of alkyl halides is 3. The highest BCUT2D eigenvalue weighted by atomic mass is 19.4. The summed E-state index contributed by atoms with van der Waals surface area (Å²) in [5.41, 5.74) is -0.902. The van der Waals surface area contributed by atoms with Gasteiger partial charge >= 0.3 is 12.2 Å². The van der Waals surface area contributed by atoms with E-state index in [2.05, 4.69) is 36.1 Å². The minimum atomic E-state index is -4.77. The van der Waals surface area contributed by atoms with Gasteiger partial charge in [0, 0.05) is 12.6 Å². The highest BCUT2D eigenvalue weighted by Gasteiger charge is 2.36. The number of carbonyl (C=O) groups is 1. The second-order valence-corrected chi connectivity index (χ2v) is 8.71. The maximum absolute atomic E-state index is 13.6. The largest absolute Gasteiger partial charge is 0.492 e. The Kier molecular flexibility index (Phi) is 7.67. The smallest absolute Gasteiger partial charge is 0.420 e. The van der Waals surface area contributed by atoms with Crippen LogP contribution in [0.25, 0.3) is 5.82 Å². The van der Waals surface area contributed by atoms with Crippen LogP contribution in [0.3, 0.4) is 0 Å². The molecule has 1 atom stereocenters. The molecule has 11 nitrogen and oxygen atoms in total. The molecule has 0 saturated carbocycles. The van der Waals surface area contributed by atoms with Gasteiger partial charge in [-0.1, -0.05) is 0 Å². The molecule has 2 amide bonds. The van der Waals surface area contributed by atoms with E-state index in [0.29, 0.717) is 17.1 Å². The molecule has 1 unspecified atom stereocenters. The summed E-state index contributed by atoms with van der Waals surface area (Å²) in [5.74, 6) is 0.274. The normalized spacial score (nSPS) is 12.7. The summed E-state index contributed by atoms with van der Waals surface area (Å²) in [4.78, 5) is 21.6. The standard InChI is InChI=1S/C22H27F3N8O3/c1-12(35-5)16-15(11-26-18(17(16)36-6)32-21(2,3)4)31-20(34)30-13-9-14(22(23,24)25)19(27-10-13)33-28-7-8-29-33/h7-12H,1-6H3,(H,26,32)(H2,30,31,34). The average molecular weight is 509 g/mol. The fourth-order valence-electron chi connectivity index (χ4n) is 3.28. The number of methoxy groups -OCH3 is 2. The van der Waals surface area contributed by atoms with E-state index < -0.39 is 29.7 Å². The Hall–Kier alpha value is -3.94. The van der Waals surface area contributed by atoms with Gasteiger partial charge in [0.25, 0.3) is 0 Å². The van der Waals surface area contributed by atoms with Crippen molar-refractivity contribution in [3.05, 3.63) is 42.0 Å². The van der Waals surface area contributed by atoms with E-state index in [-0.39, 0.29) is 16.9 Å². The molecule has 0 fully saturated rings. The summed E-state index contributed by atoms with van der Waals surface area (Å²) in [6, 6.07) is -0.0705. The van der Waals surface area contributed by atoms with Crippen LogP contribution in [0, 0.1) is 0 Å². The van der Waals surface area contributed by atoms with Gasteiger partial charge in [0.05, 0.1) is 54.9 Å². The molecule has 3 N–H and O–H groups in total. The Labute approximate surface area is 205 Å². The molecule has 194 valence electrons. The van der Waals surface area contributed by atoms with Gasteiger partial charge in [-0.25, -0.2) is 14.8 Å². The molecule has 0 radical (unpaired) electrons. The first-order chi connectivity index (χ1) is 16.8. The Bertz CT molecular complexity index is 1210. The number of halogens is 3. The van der Waals surface area contributed by atoms with Crippen LogP contribution in [-0.4, -0.2) is 50.8 Å². The lowest BCUT2D eigenvalue weighted by Crippen LogP contribution is -2.28. The van der Waals surface area contributed by atoms with E-state index in [1.807, 2.05) is 20.8 Å². The molecule has 3 rings (SSSR count). The SMILES string of the molecule is COc1c(NC(C)(C)C)ncc(NC(=O)Nc2cnc(-n3nccn3)c(C(F)(F)F)c2)c1C(C)OC. The van der Waals surface area contributed by atoms with Crippen molar-refractivity contribution in [2.45, 2.75) is 45.5 Å². The van der Waals surface area contributed by atoms with Crippen molar-refractivity contribution < 1.29 is 27.4 Å². The maximum atomic E-state index is 13.6. The molecule has 0 aliphatic heterocycles. The molecule has 3 aromatic heterocycles. The molecule has 0 aromatic carbocycles.